The zero-order valence-electron chi connectivity index (χ0n) is 15.8. The highest BCUT2D eigenvalue weighted by molar-refractivity contribution is 8.00. The van der Waals surface area contributed by atoms with Gasteiger partial charge in [0.15, 0.2) is 11.0 Å². The standard InChI is InChI=1S/C20H21ClN4O2S/c1-4-27-17-8-6-5-7-16(17)22-19(26)13(2)28-20-24-23-18(25(20)3)14-9-11-15(21)12-10-14/h5-13H,4H2,1-3H3,(H,22,26)/t13-/m0/s1. The van der Waals surface area contributed by atoms with Crippen LogP contribution in [0.4, 0.5) is 5.69 Å². The number of para-hydroxylation sites is 2. The quantitative estimate of drug-likeness (QED) is 0.567. The van der Waals surface area contributed by atoms with Gasteiger partial charge in [0.2, 0.25) is 5.91 Å². The van der Waals surface area contributed by atoms with E-state index in [2.05, 4.69) is 15.5 Å². The van der Waals surface area contributed by atoms with Crippen LogP contribution < -0.4 is 10.1 Å². The van der Waals surface area contributed by atoms with E-state index in [1.54, 1.807) is 0 Å². The van der Waals surface area contributed by atoms with Crippen molar-refractivity contribution in [3.05, 3.63) is 53.6 Å². The Bertz CT molecular complexity index is 959. The molecule has 146 valence electrons. The summed E-state index contributed by atoms with van der Waals surface area (Å²) in [5.74, 6) is 1.24. The maximum atomic E-state index is 12.6. The first-order valence-corrected chi connectivity index (χ1v) is 10.1. The van der Waals surface area contributed by atoms with Gasteiger partial charge in [-0.3, -0.25) is 4.79 Å². The zero-order valence-corrected chi connectivity index (χ0v) is 17.4. The molecule has 0 aliphatic heterocycles. The van der Waals surface area contributed by atoms with Crippen molar-refractivity contribution in [2.75, 3.05) is 11.9 Å². The number of benzene rings is 2. The lowest BCUT2D eigenvalue weighted by molar-refractivity contribution is -0.115. The fraction of sp³-hybridized carbons (Fsp3) is 0.250. The van der Waals surface area contributed by atoms with E-state index in [1.165, 1.54) is 11.8 Å². The summed E-state index contributed by atoms with van der Waals surface area (Å²) in [4.78, 5) is 12.6. The van der Waals surface area contributed by atoms with E-state index in [0.717, 1.165) is 5.56 Å². The summed E-state index contributed by atoms with van der Waals surface area (Å²) < 4.78 is 7.43. The predicted octanol–water partition coefficient (Wildman–Crippen LogP) is 4.65. The third-order valence-corrected chi connectivity index (χ3v) is 5.42. The van der Waals surface area contributed by atoms with Crippen molar-refractivity contribution >= 4 is 35.0 Å². The number of nitrogens with one attached hydrogen (secondary N) is 1. The van der Waals surface area contributed by atoms with Gasteiger partial charge in [-0.05, 0) is 50.2 Å². The molecule has 3 rings (SSSR count). The molecule has 3 aromatic rings. The number of carbonyl (C=O) groups excluding carboxylic acids is 1. The monoisotopic (exact) mass is 416 g/mol. The Balaban J connectivity index is 1.70. The number of ether oxygens (including phenoxy) is 1. The molecule has 1 aromatic heterocycles. The van der Waals surface area contributed by atoms with E-state index in [0.29, 0.717) is 34.0 Å². The smallest absolute Gasteiger partial charge is 0.237 e. The van der Waals surface area contributed by atoms with Crippen molar-refractivity contribution in [3.63, 3.8) is 0 Å². The number of hydrogen-bond acceptors (Lipinski definition) is 5. The van der Waals surface area contributed by atoms with Gasteiger partial charge in [-0.2, -0.15) is 0 Å². The third-order valence-electron chi connectivity index (χ3n) is 4.03. The molecular weight excluding hydrogens is 396 g/mol. The average molecular weight is 417 g/mol. The van der Waals surface area contributed by atoms with Crippen LogP contribution in [0.25, 0.3) is 11.4 Å². The van der Waals surface area contributed by atoms with Crippen LogP contribution in [0.15, 0.2) is 53.7 Å². The minimum absolute atomic E-state index is 0.131. The molecule has 0 aliphatic rings. The van der Waals surface area contributed by atoms with Crippen molar-refractivity contribution in [3.8, 4) is 17.1 Å². The Labute approximate surface area is 173 Å². The minimum atomic E-state index is -0.365. The Morgan fingerprint density at radius 3 is 2.64 bits per heavy atom. The summed E-state index contributed by atoms with van der Waals surface area (Å²) in [5, 5.41) is 12.4. The lowest BCUT2D eigenvalue weighted by Crippen LogP contribution is -2.23. The average Bonchev–Trinajstić information content (AvgIpc) is 3.04. The summed E-state index contributed by atoms with van der Waals surface area (Å²) in [6.07, 6.45) is 0. The second kappa shape index (κ2) is 9.12. The summed E-state index contributed by atoms with van der Waals surface area (Å²) in [6.45, 7) is 4.27. The van der Waals surface area contributed by atoms with Crippen LogP contribution in [-0.2, 0) is 11.8 Å². The fourth-order valence-corrected chi connectivity index (χ4v) is 3.51. The van der Waals surface area contributed by atoms with Gasteiger partial charge in [0, 0.05) is 17.6 Å². The number of thioether (sulfide) groups is 1. The van der Waals surface area contributed by atoms with Gasteiger partial charge in [-0.1, -0.05) is 35.5 Å². The molecule has 0 saturated heterocycles. The lowest BCUT2D eigenvalue weighted by Gasteiger charge is -2.14. The summed E-state index contributed by atoms with van der Waals surface area (Å²) in [6, 6.07) is 14.8. The highest BCUT2D eigenvalue weighted by atomic mass is 35.5. The molecule has 1 N–H and O–H groups in total. The van der Waals surface area contributed by atoms with Gasteiger partial charge in [-0.15, -0.1) is 10.2 Å². The summed E-state index contributed by atoms with van der Waals surface area (Å²) in [5.41, 5.74) is 1.57. The number of halogens is 1. The molecule has 2 aromatic carbocycles. The molecule has 6 nitrogen and oxygen atoms in total. The first-order chi connectivity index (χ1) is 13.5. The van der Waals surface area contributed by atoms with Crippen LogP contribution in [0.1, 0.15) is 13.8 Å². The van der Waals surface area contributed by atoms with Crippen LogP contribution in [0.2, 0.25) is 5.02 Å². The highest BCUT2D eigenvalue weighted by Crippen LogP contribution is 2.28. The number of aromatic nitrogens is 3. The number of carbonyl (C=O) groups is 1. The molecule has 0 spiro atoms. The summed E-state index contributed by atoms with van der Waals surface area (Å²) in [7, 11) is 1.88. The fourth-order valence-electron chi connectivity index (χ4n) is 2.57. The molecule has 8 heteroatoms. The maximum Gasteiger partial charge on any atom is 0.237 e. The number of amides is 1. The molecule has 0 saturated carbocycles. The zero-order chi connectivity index (χ0) is 20.1. The van der Waals surface area contributed by atoms with Crippen molar-refractivity contribution in [1.82, 2.24) is 14.8 Å². The Kier molecular flexibility index (Phi) is 6.59. The normalized spacial score (nSPS) is 11.9. The number of nitrogens with zero attached hydrogens (tertiary/aromatic N) is 3. The van der Waals surface area contributed by atoms with Gasteiger partial charge in [0.1, 0.15) is 5.75 Å². The molecule has 0 fully saturated rings. The first-order valence-electron chi connectivity index (χ1n) is 8.84. The van der Waals surface area contributed by atoms with Gasteiger partial charge >= 0.3 is 0 Å². The van der Waals surface area contributed by atoms with Crippen molar-refractivity contribution in [1.29, 1.82) is 0 Å². The second-order valence-corrected chi connectivity index (χ2v) is 7.79. The first kappa shape index (κ1) is 20.2. The second-order valence-electron chi connectivity index (χ2n) is 6.05. The molecule has 0 unspecified atom stereocenters. The number of rotatable bonds is 7. The highest BCUT2D eigenvalue weighted by Gasteiger charge is 2.20. The van der Waals surface area contributed by atoms with E-state index in [9.17, 15) is 4.79 Å². The van der Waals surface area contributed by atoms with Gasteiger partial charge in [-0.25, -0.2) is 0 Å². The van der Waals surface area contributed by atoms with Crippen LogP contribution in [-0.4, -0.2) is 32.5 Å². The lowest BCUT2D eigenvalue weighted by atomic mass is 10.2. The van der Waals surface area contributed by atoms with E-state index in [1.807, 2.05) is 74.0 Å². The maximum absolute atomic E-state index is 12.6. The van der Waals surface area contributed by atoms with Crippen LogP contribution in [0.5, 0.6) is 5.75 Å². The molecule has 1 heterocycles. The van der Waals surface area contributed by atoms with Crippen molar-refractivity contribution in [2.24, 2.45) is 7.05 Å². The molecule has 0 radical (unpaired) electrons. The van der Waals surface area contributed by atoms with Crippen LogP contribution >= 0.6 is 23.4 Å². The molecule has 1 atom stereocenters. The topological polar surface area (TPSA) is 69.0 Å². The SMILES string of the molecule is CCOc1ccccc1NC(=O)[C@H](C)Sc1nnc(-c2ccc(Cl)cc2)n1C. The molecule has 28 heavy (non-hydrogen) atoms. The van der Waals surface area contributed by atoms with Crippen LogP contribution in [0.3, 0.4) is 0 Å². The van der Waals surface area contributed by atoms with E-state index in [-0.39, 0.29) is 11.2 Å². The largest absolute Gasteiger partial charge is 0.492 e. The molecule has 1 amide bonds. The third kappa shape index (κ3) is 4.66. The van der Waals surface area contributed by atoms with E-state index >= 15 is 0 Å². The molecular formula is C20H21ClN4O2S. The predicted molar refractivity (Wildman–Crippen MR) is 113 cm³/mol. The van der Waals surface area contributed by atoms with Crippen molar-refractivity contribution in [2.45, 2.75) is 24.3 Å². The van der Waals surface area contributed by atoms with Gasteiger partial charge in [0.05, 0.1) is 17.5 Å². The van der Waals surface area contributed by atoms with Gasteiger partial charge in [0.25, 0.3) is 0 Å². The van der Waals surface area contributed by atoms with Gasteiger partial charge < -0.3 is 14.6 Å². The van der Waals surface area contributed by atoms with E-state index < -0.39 is 0 Å². The number of anilines is 1. The number of hydrogen-bond donors (Lipinski definition) is 1. The Morgan fingerprint density at radius 1 is 1.21 bits per heavy atom. The van der Waals surface area contributed by atoms with Crippen molar-refractivity contribution < 1.29 is 9.53 Å². The van der Waals surface area contributed by atoms with Crippen LogP contribution in [0, 0.1) is 0 Å². The summed E-state index contributed by atoms with van der Waals surface area (Å²) >= 11 is 7.29. The Hall–Kier alpha value is -2.51. The molecule has 0 aliphatic carbocycles. The van der Waals surface area contributed by atoms with E-state index in [4.69, 9.17) is 16.3 Å². The minimum Gasteiger partial charge on any atom is -0.492 e. The Morgan fingerprint density at radius 2 is 1.93 bits per heavy atom. The molecule has 0 bridgehead atoms.